The first kappa shape index (κ1) is 14.9. The Hall–Kier alpha value is -2.63. The molecule has 24 heavy (non-hydrogen) atoms. The number of hydrogen-bond donors (Lipinski definition) is 0. The monoisotopic (exact) mass is 330 g/mol. The summed E-state index contributed by atoms with van der Waals surface area (Å²) in [6, 6.07) is 4.75. The minimum absolute atomic E-state index is 0.00183. The molecule has 124 valence electrons. The van der Waals surface area contributed by atoms with Crippen LogP contribution in [0.4, 0.5) is 14.5 Å². The molecule has 1 fully saturated rings. The summed E-state index contributed by atoms with van der Waals surface area (Å²) in [5.41, 5.74) is 5.52. The summed E-state index contributed by atoms with van der Waals surface area (Å²) < 4.78 is 36.0. The lowest BCUT2D eigenvalue weighted by atomic mass is 9.96. The maximum absolute atomic E-state index is 13.4. The van der Waals surface area contributed by atoms with Crippen molar-refractivity contribution in [3.63, 3.8) is 0 Å². The second-order valence-electron chi connectivity index (χ2n) is 6.14. The van der Waals surface area contributed by atoms with Crippen LogP contribution >= 0.6 is 0 Å². The van der Waals surface area contributed by atoms with Gasteiger partial charge in [-0.05, 0) is 50.0 Å². The van der Waals surface area contributed by atoms with Crippen molar-refractivity contribution in [2.75, 3.05) is 5.01 Å². The lowest BCUT2D eigenvalue weighted by Crippen LogP contribution is -2.26. The summed E-state index contributed by atoms with van der Waals surface area (Å²) in [6.45, 7) is 7.88. The van der Waals surface area contributed by atoms with E-state index < -0.39 is 6.29 Å². The molecule has 0 amide bonds. The normalized spacial score (nSPS) is 20.8. The SMILES string of the molecule is C=C(C)C1=NN(c2cccc3c2OC(F)(F)O3)C=C(C)C1=C1CC1. The first-order chi connectivity index (χ1) is 11.4. The summed E-state index contributed by atoms with van der Waals surface area (Å²) in [6.07, 6.45) is 0.297. The predicted octanol–water partition coefficient (Wildman–Crippen LogP) is 4.75. The smallest absolute Gasteiger partial charge is 0.395 e. The van der Waals surface area contributed by atoms with E-state index in [4.69, 9.17) is 0 Å². The van der Waals surface area contributed by atoms with Crippen molar-refractivity contribution in [1.82, 2.24) is 0 Å². The highest BCUT2D eigenvalue weighted by Crippen LogP contribution is 2.48. The van der Waals surface area contributed by atoms with Crippen LogP contribution in [0.2, 0.25) is 0 Å². The van der Waals surface area contributed by atoms with E-state index in [1.54, 1.807) is 17.1 Å². The van der Waals surface area contributed by atoms with Crippen LogP contribution in [0.1, 0.15) is 26.7 Å². The molecule has 2 aliphatic heterocycles. The van der Waals surface area contributed by atoms with Gasteiger partial charge in [-0.2, -0.15) is 5.10 Å². The molecular weight excluding hydrogens is 314 g/mol. The average molecular weight is 330 g/mol. The maximum Gasteiger partial charge on any atom is 0.586 e. The molecule has 0 N–H and O–H groups in total. The third-order valence-corrected chi connectivity index (χ3v) is 4.07. The van der Waals surface area contributed by atoms with Gasteiger partial charge in [-0.25, -0.2) is 5.01 Å². The largest absolute Gasteiger partial charge is 0.586 e. The standard InChI is InChI=1S/C18H16F2N2O2/c1-10(2)16-15(12-7-8-12)11(3)9-22(21-16)13-5-4-6-14-17(13)24-18(19,20)23-14/h4-6,9H,1,7-8H2,2-3H3. The third kappa shape index (κ3) is 2.38. The highest BCUT2D eigenvalue weighted by atomic mass is 19.3. The molecule has 0 spiro atoms. The van der Waals surface area contributed by atoms with Crippen LogP contribution in [0.5, 0.6) is 11.5 Å². The van der Waals surface area contributed by atoms with Crippen LogP contribution in [0, 0.1) is 0 Å². The molecule has 6 heteroatoms. The molecule has 0 atom stereocenters. The van der Waals surface area contributed by atoms with Gasteiger partial charge in [-0.1, -0.05) is 18.2 Å². The highest BCUT2D eigenvalue weighted by Gasteiger charge is 2.45. The van der Waals surface area contributed by atoms with Crippen molar-refractivity contribution in [2.45, 2.75) is 33.0 Å². The average Bonchev–Trinajstić information content (AvgIpc) is 3.27. The number of benzene rings is 1. The Morgan fingerprint density at radius 1 is 1.29 bits per heavy atom. The topological polar surface area (TPSA) is 34.1 Å². The Morgan fingerprint density at radius 2 is 2.04 bits per heavy atom. The van der Waals surface area contributed by atoms with Gasteiger partial charge < -0.3 is 9.47 Å². The molecule has 1 aliphatic carbocycles. The van der Waals surface area contributed by atoms with E-state index in [0.29, 0.717) is 5.69 Å². The molecule has 0 bridgehead atoms. The first-order valence-electron chi connectivity index (χ1n) is 7.69. The highest BCUT2D eigenvalue weighted by molar-refractivity contribution is 6.16. The number of halogens is 2. The Bertz CT molecular complexity index is 847. The number of nitrogens with zero attached hydrogens (tertiary/aromatic N) is 2. The van der Waals surface area contributed by atoms with Gasteiger partial charge in [0.1, 0.15) is 5.69 Å². The molecule has 0 saturated heterocycles. The van der Waals surface area contributed by atoms with Gasteiger partial charge in [-0.3, -0.25) is 0 Å². The zero-order chi connectivity index (χ0) is 17.1. The number of alkyl halides is 2. The van der Waals surface area contributed by atoms with E-state index in [-0.39, 0.29) is 11.5 Å². The molecule has 0 unspecified atom stereocenters. The van der Waals surface area contributed by atoms with Crippen molar-refractivity contribution in [1.29, 1.82) is 0 Å². The number of allylic oxidation sites excluding steroid dienone is 4. The van der Waals surface area contributed by atoms with Crippen LogP contribution < -0.4 is 14.5 Å². The summed E-state index contributed by atoms with van der Waals surface area (Å²) in [4.78, 5) is 0. The fourth-order valence-electron chi connectivity index (χ4n) is 2.94. The minimum Gasteiger partial charge on any atom is -0.395 e. The lowest BCUT2D eigenvalue weighted by molar-refractivity contribution is -0.286. The Kier molecular flexibility index (Phi) is 3.07. The summed E-state index contributed by atoms with van der Waals surface area (Å²) >= 11 is 0. The molecule has 1 saturated carbocycles. The van der Waals surface area contributed by atoms with Gasteiger partial charge in [0.05, 0.1) is 5.71 Å². The number of fused-ring (bicyclic) bond motifs is 1. The molecule has 1 aromatic carbocycles. The van der Waals surface area contributed by atoms with E-state index in [2.05, 4.69) is 21.2 Å². The van der Waals surface area contributed by atoms with E-state index in [0.717, 1.165) is 35.3 Å². The molecule has 1 aromatic rings. The van der Waals surface area contributed by atoms with Gasteiger partial charge >= 0.3 is 6.29 Å². The van der Waals surface area contributed by atoms with Crippen molar-refractivity contribution < 1.29 is 18.3 Å². The Balaban J connectivity index is 1.81. The Labute approximate surface area is 138 Å². The van der Waals surface area contributed by atoms with Crippen molar-refractivity contribution in [3.05, 3.63) is 53.3 Å². The van der Waals surface area contributed by atoms with Gasteiger partial charge in [0.2, 0.25) is 0 Å². The predicted molar refractivity (Wildman–Crippen MR) is 87.4 cm³/mol. The second-order valence-corrected chi connectivity index (χ2v) is 6.14. The van der Waals surface area contributed by atoms with Crippen molar-refractivity contribution in [3.8, 4) is 11.5 Å². The molecule has 3 aliphatic rings. The minimum atomic E-state index is -3.66. The van der Waals surface area contributed by atoms with Gasteiger partial charge in [-0.15, -0.1) is 8.78 Å². The van der Waals surface area contributed by atoms with Crippen LogP contribution in [-0.4, -0.2) is 12.0 Å². The van der Waals surface area contributed by atoms with Gasteiger partial charge in [0.25, 0.3) is 0 Å². The summed E-state index contributed by atoms with van der Waals surface area (Å²) in [7, 11) is 0. The maximum atomic E-state index is 13.4. The number of anilines is 1. The van der Waals surface area contributed by atoms with Crippen LogP contribution in [0.3, 0.4) is 0 Å². The molecule has 0 radical (unpaired) electrons. The molecule has 4 rings (SSSR count). The van der Waals surface area contributed by atoms with Gasteiger partial charge in [0.15, 0.2) is 11.5 Å². The lowest BCUT2D eigenvalue weighted by Gasteiger charge is -2.25. The quantitative estimate of drug-likeness (QED) is 0.784. The number of rotatable bonds is 2. The summed E-state index contributed by atoms with van der Waals surface area (Å²) in [5.74, 6) is -0.0131. The molecular formula is C18H16F2N2O2. The third-order valence-electron chi connectivity index (χ3n) is 4.07. The molecule has 2 heterocycles. The van der Waals surface area contributed by atoms with Gasteiger partial charge in [0, 0.05) is 11.8 Å². The zero-order valence-corrected chi connectivity index (χ0v) is 13.4. The first-order valence-corrected chi connectivity index (χ1v) is 7.69. The van der Waals surface area contributed by atoms with Crippen molar-refractivity contribution in [2.24, 2.45) is 5.10 Å². The second kappa shape index (κ2) is 4.93. The van der Waals surface area contributed by atoms with E-state index >= 15 is 0 Å². The zero-order valence-electron chi connectivity index (χ0n) is 13.4. The number of hydrazone groups is 1. The van der Waals surface area contributed by atoms with Crippen LogP contribution in [-0.2, 0) is 0 Å². The fraction of sp³-hybridized carbons (Fsp3) is 0.278. The Morgan fingerprint density at radius 3 is 2.71 bits per heavy atom. The van der Waals surface area contributed by atoms with Crippen LogP contribution in [0.25, 0.3) is 0 Å². The molecule has 4 nitrogen and oxygen atoms in total. The van der Waals surface area contributed by atoms with E-state index in [1.165, 1.54) is 11.6 Å². The number of para-hydroxylation sites is 1. The van der Waals surface area contributed by atoms with Crippen molar-refractivity contribution >= 4 is 11.4 Å². The fourth-order valence-corrected chi connectivity index (χ4v) is 2.94. The van der Waals surface area contributed by atoms with Crippen LogP contribution in [0.15, 0.2) is 58.4 Å². The van der Waals surface area contributed by atoms with E-state index in [1.807, 2.05) is 20.0 Å². The summed E-state index contributed by atoms with van der Waals surface area (Å²) in [5, 5.41) is 6.16. The number of ether oxygens (including phenoxy) is 2. The van der Waals surface area contributed by atoms with E-state index in [9.17, 15) is 8.78 Å². The number of hydrogen-bond acceptors (Lipinski definition) is 4. The molecule has 0 aromatic heterocycles.